The molecular weight excluding hydrogens is 366 g/mol. The monoisotopic (exact) mass is 393 g/mol. The SMILES string of the molecule is COC(=O)Cc1ccc(OCC(C)CC(N)(O)c2cccc3ccccc23)cc1. The van der Waals surface area contributed by atoms with Crippen LogP contribution >= 0.6 is 0 Å². The van der Waals surface area contributed by atoms with Gasteiger partial charge in [-0.2, -0.15) is 0 Å². The van der Waals surface area contributed by atoms with Crippen LogP contribution in [0.15, 0.2) is 66.7 Å². The summed E-state index contributed by atoms with van der Waals surface area (Å²) in [5.74, 6) is 0.456. The van der Waals surface area contributed by atoms with E-state index in [0.717, 1.165) is 21.9 Å². The highest BCUT2D eigenvalue weighted by Crippen LogP contribution is 2.30. The molecular formula is C24H27NO4. The third-order valence-electron chi connectivity index (χ3n) is 4.95. The number of benzene rings is 3. The average molecular weight is 393 g/mol. The Hall–Kier alpha value is -2.89. The largest absolute Gasteiger partial charge is 0.493 e. The summed E-state index contributed by atoms with van der Waals surface area (Å²) in [5.41, 5.74) is 6.44. The number of esters is 1. The molecule has 0 radical (unpaired) electrons. The molecule has 0 aliphatic heterocycles. The number of nitrogens with two attached hydrogens (primary N) is 1. The summed E-state index contributed by atoms with van der Waals surface area (Å²) < 4.78 is 10.5. The highest BCUT2D eigenvalue weighted by Gasteiger charge is 2.28. The van der Waals surface area contributed by atoms with Crippen molar-refractivity contribution in [3.05, 3.63) is 77.9 Å². The quantitative estimate of drug-likeness (QED) is 0.450. The van der Waals surface area contributed by atoms with Crippen LogP contribution in [0.5, 0.6) is 5.75 Å². The molecule has 0 bridgehead atoms. The molecule has 3 aromatic carbocycles. The number of carbonyl (C=O) groups excluding carboxylic acids is 1. The molecule has 0 saturated carbocycles. The van der Waals surface area contributed by atoms with Gasteiger partial charge in [0.1, 0.15) is 11.5 Å². The number of carbonyl (C=O) groups is 1. The zero-order valence-electron chi connectivity index (χ0n) is 16.8. The minimum absolute atomic E-state index is 0.0266. The number of fused-ring (bicyclic) bond motifs is 1. The van der Waals surface area contributed by atoms with E-state index in [1.165, 1.54) is 7.11 Å². The molecule has 0 saturated heterocycles. The topological polar surface area (TPSA) is 81.8 Å². The number of aliphatic hydroxyl groups is 1. The van der Waals surface area contributed by atoms with Gasteiger partial charge in [0.15, 0.2) is 0 Å². The van der Waals surface area contributed by atoms with Gasteiger partial charge < -0.3 is 14.6 Å². The van der Waals surface area contributed by atoms with E-state index in [2.05, 4.69) is 4.74 Å². The molecule has 3 rings (SSSR count). The van der Waals surface area contributed by atoms with Crippen molar-refractivity contribution < 1.29 is 19.4 Å². The molecule has 2 atom stereocenters. The van der Waals surface area contributed by atoms with E-state index in [1.54, 1.807) is 0 Å². The zero-order chi connectivity index (χ0) is 20.9. The van der Waals surface area contributed by atoms with Crippen molar-refractivity contribution >= 4 is 16.7 Å². The van der Waals surface area contributed by atoms with E-state index in [0.29, 0.717) is 18.8 Å². The third kappa shape index (κ3) is 5.34. The maximum absolute atomic E-state index is 11.3. The smallest absolute Gasteiger partial charge is 0.309 e. The van der Waals surface area contributed by atoms with Crippen molar-refractivity contribution in [1.82, 2.24) is 0 Å². The van der Waals surface area contributed by atoms with Crippen LogP contribution in [0.2, 0.25) is 0 Å². The predicted octanol–water partition coefficient (Wildman–Crippen LogP) is 3.76. The fraction of sp³-hybridized carbons (Fsp3) is 0.292. The van der Waals surface area contributed by atoms with Crippen molar-refractivity contribution in [2.75, 3.05) is 13.7 Å². The Labute approximate surface area is 171 Å². The van der Waals surface area contributed by atoms with E-state index < -0.39 is 5.72 Å². The van der Waals surface area contributed by atoms with Gasteiger partial charge >= 0.3 is 5.97 Å². The van der Waals surface area contributed by atoms with Crippen LogP contribution in [0.25, 0.3) is 10.8 Å². The number of hydrogen-bond donors (Lipinski definition) is 2. The highest BCUT2D eigenvalue weighted by atomic mass is 16.5. The predicted molar refractivity (Wildman–Crippen MR) is 113 cm³/mol. The first kappa shape index (κ1) is 20.8. The first-order valence-corrected chi connectivity index (χ1v) is 9.67. The Bertz CT molecular complexity index is 961. The third-order valence-corrected chi connectivity index (χ3v) is 4.95. The second-order valence-corrected chi connectivity index (χ2v) is 7.47. The summed E-state index contributed by atoms with van der Waals surface area (Å²) >= 11 is 0. The van der Waals surface area contributed by atoms with Crippen molar-refractivity contribution in [3.8, 4) is 5.75 Å². The molecule has 29 heavy (non-hydrogen) atoms. The van der Waals surface area contributed by atoms with Crippen molar-refractivity contribution in [1.29, 1.82) is 0 Å². The maximum Gasteiger partial charge on any atom is 0.309 e. The summed E-state index contributed by atoms with van der Waals surface area (Å²) in [7, 11) is 1.37. The lowest BCUT2D eigenvalue weighted by Gasteiger charge is -2.28. The lowest BCUT2D eigenvalue weighted by Crippen LogP contribution is -2.39. The van der Waals surface area contributed by atoms with Crippen LogP contribution in [0.1, 0.15) is 24.5 Å². The minimum Gasteiger partial charge on any atom is -0.493 e. The van der Waals surface area contributed by atoms with Gasteiger partial charge in [-0.25, -0.2) is 0 Å². The van der Waals surface area contributed by atoms with Gasteiger partial charge in [0.2, 0.25) is 0 Å². The Morgan fingerprint density at radius 2 is 1.76 bits per heavy atom. The molecule has 5 nitrogen and oxygen atoms in total. The Kier molecular flexibility index (Phi) is 6.52. The molecule has 0 heterocycles. The van der Waals surface area contributed by atoms with E-state index in [4.69, 9.17) is 10.5 Å². The lowest BCUT2D eigenvalue weighted by atomic mass is 9.90. The van der Waals surface area contributed by atoms with Gasteiger partial charge in [-0.3, -0.25) is 10.5 Å². The molecule has 3 aromatic rings. The molecule has 3 N–H and O–H groups in total. The Morgan fingerprint density at radius 1 is 1.07 bits per heavy atom. The van der Waals surface area contributed by atoms with Crippen molar-refractivity contribution in [2.45, 2.75) is 25.5 Å². The van der Waals surface area contributed by atoms with Gasteiger partial charge in [0.05, 0.1) is 20.1 Å². The van der Waals surface area contributed by atoms with Gasteiger partial charge in [-0.15, -0.1) is 0 Å². The summed E-state index contributed by atoms with van der Waals surface area (Å²) in [6.45, 7) is 2.41. The summed E-state index contributed by atoms with van der Waals surface area (Å²) in [6, 6.07) is 21.0. The fourth-order valence-electron chi connectivity index (χ4n) is 3.48. The van der Waals surface area contributed by atoms with E-state index in [1.807, 2.05) is 73.7 Å². The maximum atomic E-state index is 11.3. The van der Waals surface area contributed by atoms with Crippen molar-refractivity contribution in [2.24, 2.45) is 11.7 Å². The number of ether oxygens (including phenoxy) is 2. The lowest BCUT2D eigenvalue weighted by molar-refractivity contribution is -0.139. The standard InChI is InChI=1S/C24H27NO4/c1-17(16-29-20-12-10-18(11-13-20)14-23(26)28-2)15-24(25,27)22-9-5-7-19-6-3-4-8-21(19)22/h3-13,17,27H,14-16,25H2,1-2H3. The van der Waals surface area contributed by atoms with Gasteiger partial charge in [0.25, 0.3) is 0 Å². The second kappa shape index (κ2) is 9.07. The van der Waals surface area contributed by atoms with E-state index >= 15 is 0 Å². The molecule has 0 aromatic heterocycles. The van der Waals surface area contributed by atoms with Gasteiger partial charge in [-0.1, -0.05) is 61.5 Å². The van der Waals surface area contributed by atoms with Crippen molar-refractivity contribution in [3.63, 3.8) is 0 Å². The fourth-order valence-corrected chi connectivity index (χ4v) is 3.48. The van der Waals surface area contributed by atoms with Gasteiger partial charge in [-0.05, 0) is 40.8 Å². The number of hydrogen-bond acceptors (Lipinski definition) is 5. The highest BCUT2D eigenvalue weighted by molar-refractivity contribution is 5.86. The molecule has 152 valence electrons. The molecule has 0 amide bonds. The summed E-state index contributed by atoms with van der Waals surface area (Å²) in [4.78, 5) is 11.3. The Balaban J connectivity index is 1.61. The molecule has 0 spiro atoms. The normalized spacial score (nSPS) is 14.2. The minimum atomic E-state index is -1.45. The first-order chi connectivity index (χ1) is 13.9. The van der Waals surface area contributed by atoms with Crippen LogP contribution in [-0.2, 0) is 21.7 Å². The van der Waals surface area contributed by atoms with Crippen LogP contribution in [0.4, 0.5) is 0 Å². The molecule has 2 unspecified atom stereocenters. The second-order valence-electron chi connectivity index (χ2n) is 7.47. The van der Waals surface area contributed by atoms with Crippen LogP contribution in [-0.4, -0.2) is 24.8 Å². The average Bonchev–Trinajstić information content (AvgIpc) is 2.72. The first-order valence-electron chi connectivity index (χ1n) is 9.67. The van der Waals surface area contributed by atoms with Crippen LogP contribution < -0.4 is 10.5 Å². The summed E-state index contributed by atoms with van der Waals surface area (Å²) in [6.07, 6.45) is 0.597. The molecule has 5 heteroatoms. The Morgan fingerprint density at radius 3 is 2.48 bits per heavy atom. The summed E-state index contributed by atoms with van der Waals surface area (Å²) in [5, 5.41) is 13.0. The van der Waals surface area contributed by atoms with E-state index in [9.17, 15) is 9.90 Å². The van der Waals surface area contributed by atoms with Crippen LogP contribution in [0, 0.1) is 5.92 Å². The number of methoxy groups -OCH3 is 1. The number of rotatable bonds is 8. The van der Waals surface area contributed by atoms with Crippen LogP contribution in [0.3, 0.4) is 0 Å². The van der Waals surface area contributed by atoms with E-state index in [-0.39, 0.29) is 18.3 Å². The van der Waals surface area contributed by atoms with Gasteiger partial charge in [0, 0.05) is 5.56 Å². The molecule has 0 fully saturated rings. The zero-order valence-corrected chi connectivity index (χ0v) is 16.8. The molecule has 0 aliphatic carbocycles. The molecule has 0 aliphatic rings.